The van der Waals surface area contributed by atoms with Crippen LogP contribution in [0.3, 0.4) is 0 Å². The average molecular weight is 471 g/mol. The van der Waals surface area contributed by atoms with E-state index in [1.165, 1.54) is 34.9 Å². The Morgan fingerprint density at radius 2 is 1.94 bits per heavy atom. The number of ether oxygens (including phenoxy) is 1. The van der Waals surface area contributed by atoms with Gasteiger partial charge in [0.2, 0.25) is 21.8 Å². The zero-order chi connectivity index (χ0) is 23.3. The maximum atomic E-state index is 13.2. The SMILES string of the molecule is O=C(NCc1ccc(Oc2cccc(F)c2)nc1)C1CCN(S(=O)(=O)c2cccnc2)CC1. The third kappa shape index (κ3) is 5.71. The van der Waals surface area contributed by atoms with Crippen molar-refractivity contribution in [3.05, 3.63) is 78.5 Å². The maximum Gasteiger partial charge on any atom is 0.244 e. The minimum absolute atomic E-state index is 0.117. The summed E-state index contributed by atoms with van der Waals surface area (Å²) in [4.78, 5) is 20.8. The quantitative estimate of drug-likeness (QED) is 0.569. The molecule has 0 saturated carbocycles. The van der Waals surface area contributed by atoms with Gasteiger partial charge in [0.05, 0.1) is 0 Å². The summed E-state index contributed by atoms with van der Waals surface area (Å²) in [5.41, 5.74) is 0.784. The number of carbonyl (C=O) groups excluding carboxylic acids is 1. The van der Waals surface area contributed by atoms with E-state index >= 15 is 0 Å². The molecule has 0 unspecified atom stereocenters. The van der Waals surface area contributed by atoms with Gasteiger partial charge in [0.15, 0.2) is 0 Å². The number of piperidine rings is 1. The number of pyridine rings is 2. The summed E-state index contributed by atoms with van der Waals surface area (Å²) >= 11 is 0. The Morgan fingerprint density at radius 1 is 1.12 bits per heavy atom. The molecule has 1 aliphatic heterocycles. The molecule has 0 spiro atoms. The van der Waals surface area contributed by atoms with Gasteiger partial charge in [-0.2, -0.15) is 4.31 Å². The molecule has 0 bridgehead atoms. The van der Waals surface area contributed by atoms with Crippen LogP contribution < -0.4 is 10.1 Å². The molecule has 10 heteroatoms. The fraction of sp³-hybridized carbons (Fsp3) is 0.261. The molecule has 1 fully saturated rings. The van der Waals surface area contributed by atoms with E-state index in [9.17, 15) is 17.6 Å². The van der Waals surface area contributed by atoms with Crippen LogP contribution in [-0.2, 0) is 21.4 Å². The Bertz CT molecular complexity index is 1200. The highest BCUT2D eigenvalue weighted by Gasteiger charge is 2.32. The lowest BCUT2D eigenvalue weighted by Crippen LogP contribution is -2.42. The summed E-state index contributed by atoms with van der Waals surface area (Å²) < 4.78 is 45.5. The lowest BCUT2D eigenvalue weighted by atomic mass is 9.97. The molecule has 0 atom stereocenters. The summed E-state index contributed by atoms with van der Waals surface area (Å²) in [7, 11) is -3.60. The second kappa shape index (κ2) is 10.1. The molecule has 0 aliphatic carbocycles. The number of halogens is 1. The van der Waals surface area contributed by atoms with E-state index in [1.54, 1.807) is 36.5 Å². The Hall–Kier alpha value is -3.37. The van der Waals surface area contributed by atoms with Gasteiger partial charge in [0.1, 0.15) is 16.5 Å². The average Bonchev–Trinajstić information content (AvgIpc) is 2.84. The van der Waals surface area contributed by atoms with Crippen molar-refractivity contribution in [3.63, 3.8) is 0 Å². The largest absolute Gasteiger partial charge is 0.439 e. The van der Waals surface area contributed by atoms with Crippen molar-refractivity contribution < 1.29 is 22.3 Å². The van der Waals surface area contributed by atoms with Crippen LogP contribution in [0.25, 0.3) is 0 Å². The van der Waals surface area contributed by atoms with E-state index in [0.29, 0.717) is 31.0 Å². The molecule has 1 saturated heterocycles. The summed E-state index contributed by atoms with van der Waals surface area (Å²) in [6, 6.07) is 12.3. The van der Waals surface area contributed by atoms with Gasteiger partial charge in [-0.15, -0.1) is 0 Å². The maximum absolute atomic E-state index is 13.2. The molecule has 172 valence electrons. The molecule has 1 aliphatic rings. The van der Waals surface area contributed by atoms with E-state index in [4.69, 9.17) is 4.74 Å². The highest BCUT2D eigenvalue weighted by Crippen LogP contribution is 2.24. The number of hydrogen-bond donors (Lipinski definition) is 1. The number of aromatic nitrogens is 2. The fourth-order valence-corrected chi connectivity index (χ4v) is 5.00. The zero-order valence-corrected chi connectivity index (χ0v) is 18.5. The van der Waals surface area contributed by atoms with Crippen molar-refractivity contribution in [2.75, 3.05) is 13.1 Å². The first kappa shape index (κ1) is 22.8. The second-order valence-corrected chi connectivity index (χ2v) is 9.59. The molecule has 0 radical (unpaired) electrons. The smallest absolute Gasteiger partial charge is 0.244 e. The Morgan fingerprint density at radius 3 is 2.61 bits per heavy atom. The summed E-state index contributed by atoms with van der Waals surface area (Å²) in [6.45, 7) is 0.853. The molecule has 2 aromatic heterocycles. The summed E-state index contributed by atoms with van der Waals surface area (Å²) in [6.07, 6.45) is 5.33. The van der Waals surface area contributed by atoms with Crippen molar-refractivity contribution in [2.24, 2.45) is 5.92 Å². The van der Waals surface area contributed by atoms with Gasteiger partial charge in [0.25, 0.3) is 0 Å². The Kier molecular flexibility index (Phi) is 6.95. The van der Waals surface area contributed by atoms with Gasteiger partial charge in [-0.05, 0) is 42.7 Å². The van der Waals surface area contributed by atoms with Crippen molar-refractivity contribution in [1.82, 2.24) is 19.6 Å². The van der Waals surface area contributed by atoms with Crippen LogP contribution >= 0.6 is 0 Å². The number of nitrogens with zero attached hydrogens (tertiary/aromatic N) is 3. The second-order valence-electron chi connectivity index (χ2n) is 7.65. The van der Waals surface area contributed by atoms with Gasteiger partial charge >= 0.3 is 0 Å². The van der Waals surface area contributed by atoms with Crippen molar-refractivity contribution >= 4 is 15.9 Å². The van der Waals surface area contributed by atoms with E-state index in [-0.39, 0.29) is 29.8 Å². The number of hydrogen-bond acceptors (Lipinski definition) is 6. The molecule has 1 amide bonds. The van der Waals surface area contributed by atoms with Crippen LogP contribution in [0.4, 0.5) is 4.39 Å². The Balaban J connectivity index is 1.26. The first-order chi connectivity index (χ1) is 15.9. The van der Waals surface area contributed by atoms with E-state index in [2.05, 4.69) is 15.3 Å². The lowest BCUT2D eigenvalue weighted by molar-refractivity contribution is -0.126. The number of benzene rings is 1. The van der Waals surface area contributed by atoms with Crippen molar-refractivity contribution in [1.29, 1.82) is 0 Å². The normalized spacial score (nSPS) is 15.2. The van der Waals surface area contributed by atoms with Crippen molar-refractivity contribution in [2.45, 2.75) is 24.3 Å². The van der Waals surface area contributed by atoms with E-state index in [1.807, 2.05) is 0 Å². The Labute approximate surface area is 191 Å². The van der Waals surface area contributed by atoms with Crippen LogP contribution in [0.2, 0.25) is 0 Å². The van der Waals surface area contributed by atoms with Crippen LogP contribution in [0.1, 0.15) is 18.4 Å². The first-order valence-corrected chi connectivity index (χ1v) is 11.9. The number of rotatable bonds is 7. The molecule has 4 rings (SSSR count). The molecule has 1 N–H and O–H groups in total. The predicted octanol–water partition coefficient (Wildman–Crippen LogP) is 3.13. The van der Waals surface area contributed by atoms with Gasteiger partial charge in [-0.3, -0.25) is 9.78 Å². The number of nitrogens with one attached hydrogen (secondary N) is 1. The van der Waals surface area contributed by atoms with Gasteiger partial charge in [-0.25, -0.2) is 17.8 Å². The van der Waals surface area contributed by atoms with Gasteiger partial charge in [-0.1, -0.05) is 12.1 Å². The third-order valence-electron chi connectivity index (χ3n) is 5.38. The number of amides is 1. The van der Waals surface area contributed by atoms with Crippen LogP contribution in [-0.4, -0.2) is 41.7 Å². The first-order valence-electron chi connectivity index (χ1n) is 10.5. The van der Waals surface area contributed by atoms with Crippen LogP contribution in [0, 0.1) is 11.7 Å². The highest BCUT2D eigenvalue weighted by atomic mass is 32.2. The summed E-state index contributed by atoms with van der Waals surface area (Å²) in [5, 5.41) is 2.88. The van der Waals surface area contributed by atoms with E-state index < -0.39 is 15.8 Å². The predicted molar refractivity (Wildman–Crippen MR) is 118 cm³/mol. The standard InChI is InChI=1S/C23H23FN4O4S/c24-19-3-1-4-20(13-19)32-22-7-6-17(14-26-22)15-27-23(29)18-8-11-28(12-9-18)33(30,31)21-5-2-10-25-16-21/h1-7,10,13-14,16,18H,8-9,11-12,15H2,(H,27,29). The van der Waals surface area contributed by atoms with Crippen molar-refractivity contribution in [3.8, 4) is 11.6 Å². The molecular formula is C23H23FN4O4S. The van der Waals surface area contributed by atoms with Crippen LogP contribution in [0.5, 0.6) is 11.6 Å². The molecule has 8 nitrogen and oxygen atoms in total. The van der Waals surface area contributed by atoms with E-state index in [0.717, 1.165) is 5.56 Å². The summed E-state index contributed by atoms with van der Waals surface area (Å²) in [5.74, 6) is -0.104. The van der Waals surface area contributed by atoms with Crippen LogP contribution in [0.15, 0.2) is 72.0 Å². The molecule has 33 heavy (non-hydrogen) atoms. The fourth-order valence-electron chi connectivity index (χ4n) is 3.57. The highest BCUT2D eigenvalue weighted by molar-refractivity contribution is 7.89. The number of carbonyl (C=O) groups is 1. The minimum Gasteiger partial charge on any atom is -0.439 e. The number of sulfonamides is 1. The lowest BCUT2D eigenvalue weighted by Gasteiger charge is -2.30. The molecule has 3 aromatic rings. The third-order valence-corrected chi connectivity index (χ3v) is 7.26. The molecule has 3 heterocycles. The van der Waals surface area contributed by atoms with Gasteiger partial charge < -0.3 is 10.1 Å². The topological polar surface area (TPSA) is 101 Å². The zero-order valence-electron chi connectivity index (χ0n) is 17.7. The monoisotopic (exact) mass is 470 g/mol. The minimum atomic E-state index is -3.60. The molecule has 1 aromatic carbocycles. The van der Waals surface area contributed by atoms with Gasteiger partial charge in [0, 0.05) is 56.3 Å². The molecular weight excluding hydrogens is 447 g/mol.